The zero-order valence-electron chi connectivity index (χ0n) is 24.8. The molecule has 230 valence electrons. The predicted octanol–water partition coefficient (Wildman–Crippen LogP) is 4.36. The normalized spacial score (nSPS) is 22.3. The van der Waals surface area contributed by atoms with Gasteiger partial charge in [-0.1, -0.05) is 49.2 Å². The van der Waals surface area contributed by atoms with Gasteiger partial charge in [0.05, 0.1) is 37.8 Å². The molecule has 3 N–H and O–H groups in total. The van der Waals surface area contributed by atoms with Crippen LogP contribution in [0.2, 0.25) is 0 Å². The summed E-state index contributed by atoms with van der Waals surface area (Å²) in [6, 6.07) is 16.6. The van der Waals surface area contributed by atoms with Gasteiger partial charge in [0.1, 0.15) is 11.4 Å². The van der Waals surface area contributed by atoms with Gasteiger partial charge in [-0.05, 0) is 31.4 Å². The van der Waals surface area contributed by atoms with Crippen LogP contribution < -0.4 is 10.1 Å². The van der Waals surface area contributed by atoms with Crippen LogP contribution in [0.15, 0.2) is 60.9 Å². The number of rotatable bonds is 10. The standard InChI is InChI=1S/C32H41N5O6/c1-42-21-32(41)15-7-6-13-27(32)37-22-34-28(29(37)23-9-4-3-5-10-23)30(38)36-18-17-35(31(39)40)20-25(36)14-16-33-24-11-8-12-26(19-24)43-2/h3-5,8-12,19,22,25,27,33,41H,6-7,13-18,20-21H2,1-2H3,(H,39,40)/t25-,27-,32-/m1/s1. The smallest absolute Gasteiger partial charge is 0.407 e. The Balaban J connectivity index is 1.45. The SMILES string of the molecule is COC[C@]1(O)CCCC[C@H]1n1cnc(C(=O)N2CCN(C(=O)O)C[C@H]2CCNc2cccc(OC)c2)c1-c1ccccc1. The summed E-state index contributed by atoms with van der Waals surface area (Å²) in [6.45, 7) is 1.40. The van der Waals surface area contributed by atoms with Gasteiger partial charge in [-0.3, -0.25) is 4.79 Å². The maximum Gasteiger partial charge on any atom is 0.407 e. The summed E-state index contributed by atoms with van der Waals surface area (Å²) in [6.07, 6.45) is 4.38. The van der Waals surface area contributed by atoms with E-state index < -0.39 is 11.7 Å². The van der Waals surface area contributed by atoms with Gasteiger partial charge in [0, 0.05) is 50.6 Å². The van der Waals surface area contributed by atoms with Crippen molar-refractivity contribution >= 4 is 17.7 Å². The fourth-order valence-corrected chi connectivity index (χ4v) is 6.45. The number of methoxy groups -OCH3 is 2. The van der Waals surface area contributed by atoms with Crippen molar-refractivity contribution in [3.63, 3.8) is 0 Å². The van der Waals surface area contributed by atoms with Crippen molar-refractivity contribution in [1.82, 2.24) is 19.4 Å². The summed E-state index contributed by atoms with van der Waals surface area (Å²) in [7, 11) is 3.20. The molecule has 43 heavy (non-hydrogen) atoms. The average molecular weight is 592 g/mol. The highest BCUT2D eigenvalue weighted by Gasteiger charge is 2.42. The zero-order valence-corrected chi connectivity index (χ0v) is 24.8. The highest BCUT2D eigenvalue weighted by atomic mass is 16.5. The number of nitrogens with zero attached hydrogens (tertiary/aromatic N) is 4. The van der Waals surface area contributed by atoms with E-state index in [0.29, 0.717) is 30.8 Å². The van der Waals surface area contributed by atoms with Gasteiger partial charge in [0.2, 0.25) is 0 Å². The topological polar surface area (TPSA) is 129 Å². The minimum Gasteiger partial charge on any atom is -0.497 e. The molecule has 11 nitrogen and oxygen atoms in total. The maximum absolute atomic E-state index is 14.3. The molecule has 0 unspecified atom stereocenters. The number of amides is 2. The average Bonchev–Trinajstić information content (AvgIpc) is 3.46. The summed E-state index contributed by atoms with van der Waals surface area (Å²) in [5, 5.41) is 24.8. The van der Waals surface area contributed by atoms with E-state index >= 15 is 0 Å². The number of carbonyl (C=O) groups excluding carboxylic acids is 1. The summed E-state index contributed by atoms with van der Waals surface area (Å²) in [5.41, 5.74) is 1.57. The molecule has 1 aliphatic carbocycles. The molecule has 5 rings (SSSR count). The van der Waals surface area contributed by atoms with Gasteiger partial charge >= 0.3 is 6.09 Å². The minimum atomic E-state index is -1.08. The maximum atomic E-state index is 14.3. The van der Waals surface area contributed by atoms with E-state index in [9.17, 15) is 19.8 Å². The zero-order chi connectivity index (χ0) is 30.4. The first-order chi connectivity index (χ1) is 20.8. The Bertz CT molecular complexity index is 1390. The molecule has 2 amide bonds. The first kappa shape index (κ1) is 30.4. The van der Waals surface area contributed by atoms with Gasteiger partial charge in [-0.25, -0.2) is 9.78 Å². The molecule has 2 aliphatic rings. The number of piperazine rings is 1. The lowest BCUT2D eigenvalue weighted by Crippen LogP contribution is -2.56. The van der Waals surface area contributed by atoms with Crippen LogP contribution in [-0.2, 0) is 4.74 Å². The Morgan fingerprint density at radius 1 is 1.09 bits per heavy atom. The molecule has 0 spiro atoms. The van der Waals surface area contributed by atoms with Gasteiger partial charge in [-0.15, -0.1) is 0 Å². The Hall–Kier alpha value is -4.09. The Morgan fingerprint density at radius 2 is 1.91 bits per heavy atom. The van der Waals surface area contributed by atoms with Crippen LogP contribution in [0.25, 0.3) is 11.3 Å². The van der Waals surface area contributed by atoms with Crippen LogP contribution in [0.4, 0.5) is 10.5 Å². The second-order valence-corrected chi connectivity index (χ2v) is 11.3. The van der Waals surface area contributed by atoms with Gasteiger partial charge < -0.3 is 39.4 Å². The molecule has 1 aromatic heterocycles. The van der Waals surface area contributed by atoms with E-state index in [1.165, 1.54) is 4.90 Å². The first-order valence-corrected chi connectivity index (χ1v) is 14.8. The Morgan fingerprint density at radius 3 is 2.65 bits per heavy atom. The van der Waals surface area contributed by atoms with E-state index in [0.717, 1.165) is 36.3 Å². The number of anilines is 1. The van der Waals surface area contributed by atoms with E-state index in [2.05, 4.69) is 10.3 Å². The molecule has 3 aromatic rings. The number of hydrogen-bond donors (Lipinski definition) is 3. The fourth-order valence-electron chi connectivity index (χ4n) is 6.45. The molecule has 1 saturated carbocycles. The molecule has 2 fully saturated rings. The van der Waals surface area contributed by atoms with E-state index in [4.69, 9.17) is 9.47 Å². The van der Waals surface area contributed by atoms with Crippen LogP contribution >= 0.6 is 0 Å². The van der Waals surface area contributed by atoms with Crippen LogP contribution in [0.1, 0.15) is 48.6 Å². The number of carboxylic acid groups (broad SMARTS) is 1. The number of carbonyl (C=O) groups is 2. The fraction of sp³-hybridized carbons (Fsp3) is 0.469. The molecular formula is C32H41N5O6. The number of aromatic nitrogens is 2. The van der Waals surface area contributed by atoms with E-state index in [-0.39, 0.29) is 44.2 Å². The quantitative estimate of drug-likeness (QED) is 0.317. The Labute approximate surface area is 252 Å². The number of hydrogen-bond acceptors (Lipinski definition) is 7. The summed E-state index contributed by atoms with van der Waals surface area (Å²) in [5.74, 6) is 0.482. The molecular weight excluding hydrogens is 550 g/mol. The van der Waals surface area contributed by atoms with Crippen molar-refractivity contribution in [2.24, 2.45) is 0 Å². The highest BCUT2D eigenvalue weighted by molar-refractivity contribution is 5.98. The van der Waals surface area contributed by atoms with Crippen molar-refractivity contribution in [1.29, 1.82) is 0 Å². The van der Waals surface area contributed by atoms with Crippen molar-refractivity contribution in [2.45, 2.75) is 49.8 Å². The first-order valence-electron chi connectivity index (χ1n) is 14.8. The highest BCUT2D eigenvalue weighted by Crippen LogP contribution is 2.41. The molecule has 1 saturated heterocycles. The summed E-state index contributed by atoms with van der Waals surface area (Å²) < 4.78 is 12.7. The lowest BCUT2D eigenvalue weighted by Gasteiger charge is -2.41. The van der Waals surface area contributed by atoms with Crippen molar-refractivity contribution in [3.05, 3.63) is 66.6 Å². The number of imidazole rings is 1. The largest absolute Gasteiger partial charge is 0.497 e. The molecule has 1 aliphatic heterocycles. The second kappa shape index (κ2) is 13.5. The number of nitrogens with one attached hydrogen (secondary N) is 1. The molecule has 0 radical (unpaired) electrons. The summed E-state index contributed by atoms with van der Waals surface area (Å²) in [4.78, 5) is 34.0. The molecule has 2 heterocycles. The predicted molar refractivity (Wildman–Crippen MR) is 163 cm³/mol. The number of aliphatic hydroxyl groups is 1. The third-order valence-electron chi connectivity index (χ3n) is 8.62. The monoisotopic (exact) mass is 591 g/mol. The summed E-state index contributed by atoms with van der Waals surface area (Å²) >= 11 is 0. The van der Waals surface area contributed by atoms with Gasteiger partial charge in [0.15, 0.2) is 5.69 Å². The number of benzene rings is 2. The lowest BCUT2D eigenvalue weighted by atomic mass is 9.80. The van der Waals surface area contributed by atoms with Crippen LogP contribution in [-0.4, -0.2) is 100 Å². The molecule has 0 bridgehead atoms. The minimum absolute atomic E-state index is 0.187. The lowest BCUT2D eigenvalue weighted by molar-refractivity contribution is -0.0893. The van der Waals surface area contributed by atoms with E-state index in [1.807, 2.05) is 59.2 Å². The molecule has 11 heteroatoms. The Kier molecular flexibility index (Phi) is 9.52. The van der Waals surface area contributed by atoms with Crippen molar-refractivity contribution in [2.75, 3.05) is 52.3 Å². The van der Waals surface area contributed by atoms with Crippen LogP contribution in [0, 0.1) is 0 Å². The third-order valence-corrected chi connectivity index (χ3v) is 8.62. The van der Waals surface area contributed by atoms with Crippen molar-refractivity contribution in [3.8, 4) is 17.0 Å². The van der Waals surface area contributed by atoms with Crippen molar-refractivity contribution < 1.29 is 29.3 Å². The molecule has 2 aromatic carbocycles. The van der Waals surface area contributed by atoms with Crippen LogP contribution in [0.3, 0.4) is 0 Å². The second-order valence-electron chi connectivity index (χ2n) is 11.3. The van der Waals surface area contributed by atoms with Gasteiger partial charge in [0.25, 0.3) is 5.91 Å². The third kappa shape index (κ3) is 6.62. The molecule has 3 atom stereocenters. The van der Waals surface area contributed by atoms with E-state index in [1.54, 1.807) is 25.4 Å². The van der Waals surface area contributed by atoms with Gasteiger partial charge in [-0.2, -0.15) is 0 Å². The van der Waals surface area contributed by atoms with Crippen LogP contribution in [0.5, 0.6) is 5.75 Å². The number of ether oxygens (including phenoxy) is 2.